The lowest BCUT2D eigenvalue weighted by atomic mass is 9.85. The lowest BCUT2D eigenvalue weighted by molar-refractivity contribution is 0.390. The van der Waals surface area contributed by atoms with Gasteiger partial charge in [-0.05, 0) is 24.1 Å². The third-order valence-corrected chi connectivity index (χ3v) is 4.02. The first-order valence-electron chi connectivity index (χ1n) is 6.48. The number of likely N-dealkylation sites (tertiary alicyclic amines) is 1. The minimum Gasteiger partial charge on any atom is -0.312 e. The number of hydrogen-bond acceptors (Lipinski definition) is 2. The predicted octanol–water partition coefficient (Wildman–Crippen LogP) is 1.75. The van der Waals surface area contributed by atoms with Crippen molar-refractivity contribution in [3.8, 4) is 0 Å². The van der Waals surface area contributed by atoms with Crippen molar-refractivity contribution >= 4 is 0 Å². The number of fused-ring (bicyclic) bond motifs is 3. The first kappa shape index (κ1) is 11.0. The second kappa shape index (κ2) is 4.63. The average Bonchev–Trinajstić information content (AvgIpc) is 2.56. The Kier molecular flexibility index (Phi) is 3.00. The van der Waals surface area contributed by atoms with Gasteiger partial charge in [-0.3, -0.25) is 0 Å². The van der Waals surface area contributed by atoms with Gasteiger partial charge in [-0.2, -0.15) is 0 Å². The van der Waals surface area contributed by atoms with Crippen molar-refractivity contribution in [3.63, 3.8) is 0 Å². The van der Waals surface area contributed by atoms with Gasteiger partial charge in [-0.25, -0.2) is 0 Å². The van der Waals surface area contributed by atoms with Crippen molar-refractivity contribution in [2.24, 2.45) is 11.8 Å². The molecule has 90 valence electrons. The standard InChI is InChI=1S/C15H20N2/c1-17-10-13-9-16-8-12-6-4-2-3-5-7-14(12)15(13)11-17/h2-7,13,15-16H,8-11H2,1H3/b3-2?,4-2-,5-3-,6-4?,7-5?,12-6?,14-7?. The molecule has 2 heteroatoms. The van der Waals surface area contributed by atoms with Gasteiger partial charge >= 0.3 is 0 Å². The molecule has 3 aliphatic rings. The summed E-state index contributed by atoms with van der Waals surface area (Å²) in [5.41, 5.74) is 3.01. The molecule has 17 heavy (non-hydrogen) atoms. The van der Waals surface area contributed by atoms with Gasteiger partial charge < -0.3 is 10.2 Å². The molecule has 2 saturated heterocycles. The first-order chi connectivity index (χ1) is 8.34. The molecule has 0 aromatic carbocycles. The molecule has 0 aromatic heterocycles. The van der Waals surface area contributed by atoms with Crippen molar-refractivity contribution in [1.29, 1.82) is 0 Å². The molecule has 2 nitrogen and oxygen atoms in total. The van der Waals surface area contributed by atoms with E-state index >= 15 is 0 Å². The molecule has 1 N–H and O–H groups in total. The van der Waals surface area contributed by atoms with Crippen LogP contribution >= 0.6 is 0 Å². The molecule has 0 radical (unpaired) electrons. The Hall–Kier alpha value is -1.12. The topological polar surface area (TPSA) is 15.3 Å². The van der Waals surface area contributed by atoms with Crippen molar-refractivity contribution in [2.75, 3.05) is 33.2 Å². The Bertz CT molecular complexity index is 415. The normalized spacial score (nSPS) is 36.8. The molecule has 0 amide bonds. The number of nitrogens with one attached hydrogen (secondary N) is 1. The average molecular weight is 228 g/mol. The van der Waals surface area contributed by atoms with E-state index < -0.39 is 0 Å². The summed E-state index contributed by atoms with van der Waals surface area (Å²) in [5, 5.41) is 3.59. The molecular weight excluding hydrogens is 208 g/mol. The third kappa shape index (κ3) is 2.15. The number of allylic oxidation sites excluding steroid dienone is 6. The summed E-state index contributed by atoms with van der Waals surface area (Å²) in [6, 6.07) is 0. The Morgan fingerprint density at radius 2 is 1.94 bits per heavy atom. The van der Waals surface area contributed by atoms with Gasteiger partial charge in [0, 0.05) is 32.1 Å². The molecule has 2 aliphatic heterocycles. The zero-order valence-electron chi connectivity index (χ0n) is 10.4. The Morgan fingerprint density at radius 1 is 1.12 bits per heavy atom. The van der Waals surface area contributed by atoms with Crippen LogP contribution in [0, 0.1) is 11.8 Å². The summed E-state index contributed by atoms with van der Waals surface area (Å²) in [7, 11) is 2.23. The quantitative estimate of drug-likeness (QED) is 0.679. The van der Waals surface area contributed by atoms with Crippen LogP contribution < -0.4 is 5.32 Å². The SMILES string of the molecule is CN1CC2CNCC3=C/C=C\C=C/C=C3C2C1. The van der Waals surface area contributed by atoms with Gasteiger partial charge in [-0.15, -0.1) is 0 Å². The maximum absolute atomic E-state index is 3.59. The van der Waals surface area contributed by atoms with E-state index in [1.54, 1.807) is 5.57 Å². The van der Waals surface area contributed by atoms with E-state index in [1.165, 1.54) is 18.7 Å². The smallest absolute Gasteiger partial charge is 0.0208 e. The van der Waals surface area contributed by atoms with Gasteiger partial charge in [-0.1, -0.05) is 36.5 Å². The molecule has 2 unspecified atom stereocenters. The van der Waals surface area contributed by atoms with Crippen LogP contribution in [0.1, 0.15) is 0 Å². The molecule has 0 saturated carbocycles. The first-order valence-corrected chi connectivity index (χ1v) is 6.48. The molecule has 3 rings (SSSR count). The maximum atomic E-state index is 3.59. The highest BCUT2D eigenvalue weighted by molar-refractivity contribution is 5.43. The summed E-state index contributed by atoms with van der Waals surface area (Å²) in [6.07, 6.45) is 13.1. The molecule has 2 heterocycles. The van der Waals surface area contributed by atoms with E-state index in [9.17, 15) is 0 Å². The third-order valence-electron chi connectivity index (χ3n) is 4.02. The van der Waals surface area contributed by atoms with Crippen LogP contribution in [0.25, 0.3) is 0 Å². The molecule has 0 bridgehead atoms. The van der Waals surface area contributed by atoms with Crippen molar-refractivity contribution in [3.05, 3.63) is 47.6 Å². The fraction of sp³-hybridized carbons (Fsp3) is 0.467. The minimum absolute atomic E-state index is 0.706. The largest absolute Gasteiger partial charge is 0.312 e. The summed E-state index contributed by atoms with van der Waals surface area (Å²) >= 11 is 0. The van der Waals surface area contributed by atoms with Crippen LogP contribution in [-0.4, -0.2) is 38.1 Å². The molecule has 1 aliphatic carbocycles. The van der Waals surface area contributed by atoms with Crippen LogP contribution in [0.4, 0.5) is 0 Å². The number of rotatable bonds is 0. The molecule has 0 spiro atoms. The van der Waals surface area contributed by atoms with Gasteiger partial charge in [0.2, 0.25) is 0 Å². The Labute approximate surface area is 103 Å². The van der Waals surface area contributed by atoms with Crippen LogP contribution in [0.2, 0.25) is 0 Å². The van der Waals surface area contributed by atoms with E-state index in [0.717, 1.165) is 19.0 Å². The lowest BCUT2D eigenvalue weighted by Crippen LogP contribution is -2.25. The highest BCUT2D eigenvalue weighted by Crippen LogP contribution is 2.34. The van der Waals surface area contributed by atoms with Gasteiger partial charge in [0.1, 0.15) is 0 Å². The molecule has 2 atom stereocenters. The summed E-state index contributed by atoms with van der Waals surface area (Å²) in [5.74, 6) is 1.48. The van der Waals surface area contributed by atoms with Crippen LogP contribution in [0.5, 0.6) is 0 Å². The summed E-state index contributed by atoms with van der Waals surface area (Å²) in [6.45, 7) is 4.59. The van der Waals surface area contributed by atoms with E-state index in [0.29, 0.717) is 5.92 Å². The fourth-order valence-electron chi connectivity index (χ4n) is 3.22. The Balaban J connectivity index is 1.97. The second-order valence-corrected chi connectivity index (χ2v) is 5.30. The highest BCUT2D eigenvalue weighted by Gasteiger charge is 2.35. The Morgan fingerprint density at radius 3 is 2.82 bits per heavy atom. The van der Waals surface area contributed by atoms with Crippen LogP contribution in [-0.2, 0) is 0 Å². The maximum Gasteiger partial charge on any atom is 0.0208 e. The number of hydrogen-bond donors (Lipinski definition) is 1. The van der Waals surface area contributed by atoms with Crippen molar-refractivity contribution < 1.29 is 0 Å². The zero-order chi connectivity index (χ0) is 11.7. The van der Waals surface area contributed by atoms with Crippen molar-refractivity contribution in [2.45, 2.75) is 0 Å². The molecule has 2 fully saturated rings. The van der Waals surface area contributed by atoms with Gasteiger partial charge in [0.15, 0.2) is 0 Å². The second-order valence-electron chi connectivity index (χ2n) is 5.30. The highest BCUT2D eigenvalue weighted by atomic mass is 15.1. The fourth-order valence-corrected chi connectivity index (χ4v) is 3.22. The van der Waals surface area contributed by atoms with Gasteiger partial charge in [0.05, 0.1) is 0 Å². The lowest BCUT2D eigenvalue weighted by Gasteiger charge is -2.18. The molecule has 0 aromatic rings. The van der Waals surface area contributed by atoms with Crippen LogP contribution in [0.15, 0.2) is 47.6 Å². The minimum atomic E-state index is 0.706. The summed E-state index contributed by atoms with van der Waals surface area (Å²) in [4.78, 5) is 2.46. The van der Waals surface area contributed by atoms with E-state index in [2.05, 4.69) is 53.7 Å². The predicted molar refractivity (Wildman–Crippen MR) is 71.8 cm³/mol. The molecular formula is C15H20N2. The van der Waals surface area contributed by atoms with Crippen molar-refractivity contribution in [1.82, 2.24) is 10.2 Å². The van der Waals surface area contributed by atoms with E-state index in [4.69, 9.17) is 0 Å². The van der Waals surface area contributed by atoms with E-state index in [1.807, 2.05) is 0 Å². The van der Waals surface area contributed by atoms with E-state index in [-0.39, 0.29) is 0 Å². The monoisotopic (exact) mass is 228 g/mol. The number of nitrogens with zero attached hydrogens (tertiary/aromatic N) is 1. The zero-order valence-corrected chi connectivity index (χ0v) is 10.4. The van der Waals surface area contributed by atoms with Gasteiger partial charge in [0.25, 0.3) is 0 Å². The van der Waals surface area contributed by atoms with Crippen LogP contribution in [0.3, 0.4) is 0 Å². The summed E-state index contributed by atoms with van der Waals surface area (Å²) < 4.78 is 0.